The van der Waals surface area contributed by atoms with Crippen molar-refractivity contribution >= 4 is 24.2 Å². The van der Waals surface area contributed by atoms with Gasteiger partial charge < -0.3 is 9.80 Å². The van der Waals surface area contributed by atoms with E-state index in [-0.39, 0.29) is 5.91 Å². The topological polar surface area (TPSA) is 23.6 Å². The van der Waals surface area contributed by atoms with Gasteiger partial charge in [-0.25, -0.2) is 0 Å². The first-order valence-corrected chi connectivity index (χ1v) is 8.12. The van der Waals surface area contributed by atoms with E-state index in [0.717, 1.165) is 18.8 Å². The Morgan fingerprint density at radius 2 is 1.85 bits per heavy atom. The van der Waals surface area contributed by atoms with Crippen molar-refractivity contribution in [1.82, 2.24) is 4.90 Å². The molecule has 0 spiro atoms. The fourth-order valence-electron chi connectivity index (χ4n) is 3.14. The number of likely N-dealkylation sites (tertiary alicyclic amines) is 1. The van der Waals surface area contributed by atoms with Crippen LogP contribution in [0.3, 0.4) is 0 Å². The monoisotopic (exact) mass is 290 g/mol. The quantitative estimate of drug-likeness (QED) is 0.862. The molecule has 1 atom stereocenters. The molecule has 3 nitrogen and oxygen atoms in total. The summed E-state index contributed by atoms with van der Waals surface area (Å²) in [7, 11) is 0. The summed E-state index contributed by atoms with van der Waals surface area (Å²) >= 11 is 4.30. The van der Waals surface area contributed by atoms with Gasteiger partial charge in [0.05, 0.1) is 0 Å². The molecule has 20 heavy (non-hydrogen) atoms. The van der Waals surface area contributed by atoms with Crippen molar-refractivity contribution in [3.8, 4) is 0 Å². The second-order valence-corrected chi connectivity index (χ2v) is 6.25. The predicted molar refractivity (Wildman–Crippen MR) is 85.3 cm³/mol. The molecular weight excluding hydrogens is 268 g/mol. The number of carbonyl (C=O) groups excluding carboxylic acids is 1. The zero-order valence-electron chi connectivity index (χ0n) is 11.8. The number of hydrogen-bond donors (Lipinski definition) is 1. The number of hydrogen-bond acceptors (Lipinski definition) is 3. The number of thiol groups is 1. The van der Waals surface area contributed by atoms with Crippen LogP contribution in [0.15, 0.2) is 24.3 Å². The van der Waals surface area contributed by atoms with Crippen LogP contribution in [-0.2, 0) is 11.3 Å². The van der Waals surface area contributed by atoms with E-state index in [9.17, 15) is 4.79 Å². The summed E-state index contributed by atoms with van der Waals surface area (Å²) in [5.74, 6) is 1.50. The molecule has 3 rings (SSSR count). The Morgan fingerprint density at radius 1 is 1.15 bits per heavy atom. The maximum absolute atomic E-state index is 11.9. The van der Waals surface area contributed by atoms with Crippen LogP contribution in [0.25, 0.3) is 0 Å². The molecule has 1 aromatic rings. The summed E-state index contributed by atoms with van der Waals surface area (Å²) in [5.41, 5.74) is 2.54. The molecule has 108 valence electrons. The second kappa shape index (κ2) is 6.08. The zero-order valence-corrected chi connectivity index (χ0v) is 12.7. The molecule has 0 aliphatic carbocycles. The molecule has 2 saturated heterocycles. The van der Waals surface area contributed by atoms with Gasteiger partial charge in [0.25, 0.3) is 0 Å². The number of anilines is 1. The van der Waals surface area contributed by atoms with Gasteiger partial charge in [0.2, 0.25) is 5.91 Å². The van der Waals surface area contributed by atoms with Gasteiger partial charge in [0, 0.05) is 38.3 Å². The Kier molecular flexibility index (Phi) is 4.20. The third-order valence-corrected chi connectivity index (χ3v) is 4.85. The van der Waals surface area contributed by atoms with Crippen LogP contribution in [0, 0.1) is 5.92 Å². The summed E-state index contributed by atoms with van der Waals surface area (Å²) in [4.78, 5) is 16.3. The van der Waals surface area contributed by atoms with Crippen molar-refractivity contribution in [2.24, 2.45) is 5.92 Å². The highest BCUT2D eigenvalue weighted by molar-refractivity contribution is 7.80. The van der Waals surface area contributed by atoms with Gasteiger partial charge in [-0.15, -0.1) is 0 Å². The summed E-state index contributed by atoms with van der Waals surface area (Å²) < 4.78 is 0. The third kappa shape index (κ3) is 2.95. The first-order chi connectivity index (χ1) is 9.76. The molecule has 2 heterocycles. The van der Waals surface area contributed by atoms with Crippen LogP contribution < -0.4 is 4.90 Å². The van der Waals surface area contributed by atoms with Crippen LogP contribution in [0.2, 0.25) is 0 Å². The van der Waals surface area contributed by atoms with Gasteiger partial charge in [0.15, 0.2) is 0 Å². The smallest absolute Gasteiger partial charge is 0.223 e. The van der Waals surface area contributed by atoms with Crippen molar-refractivity contribution in [2.45, 2.75) is 25.8 Å². The number of rotatable bonds is 4. The lowest BCUT2D eigenvalue weighted by molar-refractivity contribution is -0.128. The van der Waals surface area contributed by atoms with E-state index in [2.05, 4.69) is 41.8 Å². The lowest BCUT2D eigenvalue weighted by Gasteiger charge is -2.19. The molecule has 0 radical (unpaired) electrons. The minimum atomic E-state index is 0.271. The Hall–Kier alpha value is -1.16. The number of benzene rings is 1. The number of carbonyl (C=O) groups is 1. The Morgan fingerprint density at radius 3 is 2.45 bits per heavy atom. The van der Waals surface area contributed by atoms with Gasteiger partial charge in [-0.3, -0.25) is 4.79 Å². The molecule has 0 aromatic heterocycles. The molecular formula is C16H22N2OS. The molecule has 1 amide bonds. The summed E-state index contributed by atoms with van der Waals surface area (Å²) in [6.45, 7) is 3.95. The standard InChI is InChI=1S/C16H22N2OS/c19-16-9-14(12-20)11-18(16)10-13-3-5-15(6-4-13)17-7-1-2-8-17/h3-6,14,20H,1-2,7-12H2. The van der Waals surface area contributed by atoms with Crippen LogP contribution in [0.4, 0.5) is 5.69 Å². The highest BCUT2D eigenvalue weighted by atomic mass is 32.1. The lowest BCUT2D eigenvalue weighted by Crippen LogP contribution is -2.24. The second-order valence-electron chi connectivity index (χ2n) is 5.89. The minimum Gasteiger partial charge on any atom is -0.372 e. The van der Waals surface area contributed by atoms with Crippen molar-refractivity contribution in [1.29, 1.82) is 0 Å². The molecule has 2 aliphatic rings. The highest BCUT2D eigenvalue weighted by Crippen LogP contribution is 2.23. The Balaban J connectivity index is 1.62. The van der Waals surface area contributed by atoms with Gasteiger partial charge in [-0.2, -0.15) is 12.6 Å². The third-order valence-electron chi connectivity index (χ3n) is 4.33. The normalized spacial score (nSPS) is 22.9. The zero-order chi connectivity index (χ0) is 13.9. The average Bonchev–Trinajstić information content (AvgIpc) is 3.10. The molecule has 0 N–H and O–H groups in total. The maximum atomic E-state index is 11.9. The molecule has 0 bridgehead atoms. The van der Waals surface area contributed by atoms with Crippen LogP contribution in [-0.4, -0.2) is 36.2 Å². The average molecular weight is 290 g/mol. The number of amides is 1. The van der Waals surface area contributed by atoms with Gasteiger partial charge in [-0.05, 0) is 42.2 Å². The van der Waals surface area contributed by atoms with E-state index in [1.165, 1.54) is 37.2 Å². The summed E-state index contributed by atoms with van der Waals surface area (Å²) in [6, 6.07) is 8.71. The molecule has 4 heteroatoms. The number of nitrogens with zero attached hydrogens (tertiary/aromatic N) is 2. The van der Waals surface area contributed by atoms with Crippen molar-refractivity contribution in [2.75, 3.05) is 30.3 Å². The van der Waals surface area contributed by atoms with Crippen molar-refractivity contribution in [3.05, 3.63) is 29.8 Å². The van der Waals surface area contributed by atoms with E-state index in [1.807, 2.05) is 4.90 Å². The Labute approximate surface area is 126 Å². The summed E-state index contributed by atoms with van der Waals surface area (Å²) in [5, 5.41) is 0. The van der Waals surface area contributed by atoms with Crippen LogP contribution >= 0.6 is 12.6 Å². The van der Waals surface area contributed by atoms with Crippen LogP contribution in [0.5, 0.6) is 0 Å². The molecule has 2 fully saturated rings. The van der Waals surface area contributed by atoms with E-state index in [1.54, 1.807) is 0 Å². The van der Waals surface area contributed by atoms with E-state index >= 15 is 0 Å². The van der Waals surface area contributed by atoms with Crippen LogP contribution in [0.1, 0.15) is 24.8 Å². The van der Waals surface area contributed by atoms with E-state index < -0.39 is 0 Å². The summed E-state index contributed by atoms with van der Waals surface area (Å²) in [6.07, 6.45) is 3.26. The molecule has 2 aliphatic heterocycles. The SMILES string of the molecule is O=C1CC(CS)CN1Cc1ccc(N2CCCC2)cc1. The highest BCUT2D eigenvalue weighted by Gasteiger charge is 2.28. The van der Waals surface area contributed by atoms with E-state index in [4.69, 9.17) is 0 Å². The Bertz CT molecular complexity index is 468. The molecule has 0 saturated carbocycles. The first-order valence-electron chi connectivity index (χ1n) is 7.49. The van der Waals surface area contributed by atoms with E-state index in [0.29, 0.717) is 12.3 Å². The molecule has 1 aromatic carbocycles. The van der Waals surface area contributed by atoms with Crippen molar-refractivity contribution in [3.63, 3.8) is 0 Å². The van der Waals surface area contributed by atoms with Crippen molar-refractivity contribution < 1.29 is 4.79 Å². The first kappa shape index (κ1) is 13.8. The fraction of sp³-hybridized carbons (Fsp3) is 0.562. The minimum absolute atomic E-state index is 0.271. The van der Waals surface area contributed by atoms with Gasteiger partial charge in [-0.1, -0.05) is 12.1 Å². The predicted octanol–water partition coefficient (Wildman–Crippen LogP) is 2.57. The lowest BCUT2D eigenvalue weighted by atomic mass is 10.1. The largest absolute Gasteiger partial charge is 0.372 e. The van der Waals surface area contributed by atoms with Gasteiger partial charge >= 0.3 is 0 Å². The van der Waals surface area contributed by atoms with Gasteiger partial charge in [0.1, 0.15) is 0 Å². The molecule has 1 unspecified atom stereocenters. The fourth-order valence-corrected chi connectivity index (χ4v) is 3.38. The maximum Gasteiger partial charge on any atom is 0.223 e.